The third kappa shape index (κ3) is 6.36. The fourth-order valence-electron chi connectivity index (χ4n) is 5.81. The van der Waals surface area contributed by atoms with Crippen LogP contribution in [-0.2, 0) is 29.1 Å². The third-order valence-corrected chi connectivity index (χ3v) is 7.91. The van der Waals surface area contributed by atoms with Crippen molar-refractivity contribution in [2.24, 2.45) is 0 Å². The Hall–Kier alpha value is -3.59. The zero-order valence-electron chi connectivity index (χ0n) is 23.1. The van der Waals surface area contributed by atoms with Crippen LogP contribution >= 0.6 is 0 Å². The van der Waals surface area contributed by atoms with Crippen LogP contribution in [0.4, 0.5) is 5.69 Å². The molecule has 206 valence electrons. The lowest BCUT2D eigenvalue weighted by molar-refractivity contribution is -0.132. The molecule has 2 amide bonds. The first-order chi connectivity index (χ1) is 18.9. The van der Waals surface area contributed by atoms with Crippen molar-refractivity contribution in [2.45, 2.75) is 84.0 Å². The largest absolute Gasteiger partial charge is 0.339 e. The van der Waals surface area contributed by atoms with E-state index in [-0.39, 0.29) is 30.2 Å². The van der Waals surface area contributed by atoms with Crippen molar-refractivity contribution in [2.75, 3.05) is 18.0 Å². The van der Waals surface area contributed by atoms with Crippen molar-refractivity contribution in [1.29, 1.82) is 0 Å². The minimum absolute atomic E-state index is 0.0188. The van der Waals surface area contributed by atoms with E-state index < -0.39 is 0 Å². The molecular formula is C30H38N6O3. The standard InChI is InChI=1S/C30H38N6O3/c1-21(2)30-32-28(39-33-30)12-13-29(38)34-19-24-8-4-5-9-27(24)35(22(3)37)16-14-25-10-11-26(20-34)36(25)18-23-7-6-15-31-17-23/h4-9,15,17,21,25-26H,10-14,16,18-20H2,1-3H3. The van der Waals surface area contributed by atoms with Crippen molar-refractivity contribution in [1.82, 2.24) is 24.9 Å². The molecule has 39 heavy (non-hydrogen) atoms. The second kappa shape index (κ2) is 12.1. The van der Waals surface area contributed by atoms with Crippen LogP contribution in [0.1, 0.15) is 75.2 Å². The fourth-order valence-corrected chi connectivity index (χ4v) is 5.81. The Morgan fingerprint density at radius 3 is 2.64 bits per heavy atom. The number of anilines is 1. The van der Waals surface area contributed by atoms with Gasteiger partial charge in [0.05, 0.1) is 0 Å². The molecule has 5 rings (SSSR count). The summed E-state index contributed by atoms with van der Waals surface area (Å²) in [5.74, 6) is 1.39. The average molecular weight is 531 g/mol. The maximum atomic E-state index is 13.8. The van der Waals surface area contributed by atoms with E-state index in [0.29, 0.717) is 43.8 Å². The van der Waals surface area contributed by atoms with Gasteiger partial charge in [-0.05, 0) is 42.5 Å². The average Bonchev–Trinajstić information content (AvgIpc) is 3.55. The number of amides is 2. The van der Waals surface area contributed by atoms with Gasteiger partial charge in [-0.3, -0.25) is 19.5 Å². The molecule has 9 heteroatoms. The molecule has 4 heterocycles. The number of hydrogen-bond acceptors (Lipinski definition) is 7. The summed E-state index contributed by atoms with van der Waals surface area (Å²) in [5, 5.41) is 4.04. The van der Waals surface area contributed by atoms with Crippen molar-refractivity contribution < 1.29 is 14.1 Å². The van der Waals surface area contributed by atoms with E-state index in [1.165, 1.54) is 0 Å². The summed E-state index contributed by atoms with van der Waals surface area (Å²) in [7, 11) is 0. The highest BCUT2D eigenvalue weighted by molar-refractivity contribution is 5.92. The lowest BCUT2D eigenvalue weighted by Gasteiger charge is -2.34. The van der Waals surface area contributed by atoms with Crippen LogP contribution < -0.4 is 4.90 Å². The van der Waals surface area contributed by atoms with E-state index in [2.05, 4.69) is 26.1 Å². The van der Waals surface area contributed by atoms with Gasteiger partial charge in [-0.25, -0.2) is 0 Å². The van der Waals surface area contributed by atoms with Gasteiger partial charge in [-0.15, -0.1) is 0 Å². The summed E-state index contributed by atoms with van der Waals surface area (Å²) in [5.41, 5.74) is 3.03. The Kier molecular flexibility index (Phi) is 8.35. The van der Waals surface area contributed by atoms with Crippen molar-refractivity contribution in [3.8, 4) is 0 Å². The van der Waals surface area contributed by atoms with E-state index in [9.17, 15) is 9.59 Å². The van der Waals surface area contributed by atoms with Crippen LogP contribution in [0, 0.1) is 0 Å². The molecule has 0 radical (unpaired) electrons. The second-order valence-corrected chi connectivity index (χ2v) is 11.0. The first kappa shape index (κ1) is 27.0. The number of rotatable bonds is 6. The van der Waals surface area contributed by atoms with E-state index in [0.717, 1.165) is 42.6 Å². The van der Waals surface area contributed by atoms with Crippen LogP contribution in [-0.4, -0.2) is 61.9 Å². The Balaban J connectivity index is 1.43. The lowest BCUT2D eigenvalue weighted by Crippen LogP contribution is -2.45. The van der Waals surface area contributed by atoms with Gasteiger partial charge in [-0.2, -0.15) is 4.98 Å². The third-order valence-electron chi connectivity index (χ3n) is 7.91. The molecule has 2 aliphatic rings. The molecule has 2 aromatic heterocycles. The smallest absolute Gasteiger partial charge is 0.227 e. The molecule has 2 aliphatic heterocycles. The van der Waals surface area contributed by atoms with Gasteiger partial charge in [0.15, 0.2) is 5.82 Å². The Morgan fingerprint density at radius 2 is 1.90 bits per heavy atom. The number of benzene rings is 1. The van der Waals surface area contributed by atoms with E-state index in [1.54, 1.807) is 13.1 Å². The minimum atomic E-state index is 0.0188. The number of fused-ring (bicyclic) bond motifs is 3. The first-order valence-electron chi connectivity index (χ1n) is 14.0. The molecule has 2 bridgehead atoms. The predicted molar refractivity (Wildman–Crippen MR) is 148 cm³/mol. The Morgan fingerprint density at radius 1 is 1.08 bits per heavy atom. The minimum Gasteiger partial charge on any atom is -0.339 e. The maximum absolute atomic E-state index is 13.8. The maximum Gasteiger partial charge on any atom is 0.227 e. The normalized spacial score (nSPS) is 20.1. The molecule has 2 unspecified atom stereocenters. The zero-order valence-corrected chi connectivity index (χ0v) is 23.1. The summed E-state index contributed by atoms with van der Waals surface area (Å²) < 4.78 is 5.40. The van der Waals surface area contributed by atoms with Crippen molar-refractivity contribution in [3.05, 3.63) is 71.6 Å². The molecule has 2 atom stereocenters. The number of carbonyl (C=O) groups is 2. The van der Waals surface area contributed by atoms with Gasteiger partial charge in [0.25, 0.3) is 0 Å². The molecule has 3 aromatic rings. The van der Waals surface area contributed by atoms with Crippen LogP contribution in [0.25, 0.3) is 0 Å². The summed E-state index contributed by atoms with van der Waals surface area (Å²) >= 11 is 0. The van der Waals surface area contributed by atoms with Gasteiger partial charge < -0.3 is 14.3 Å². The Labute approximate surface area is 230 Å². The van der Waals surface area contributed by atoms with Crippen LogP contribution in [0.2, 0.25) is 0 Å². The van der Waals surface area contributed by atoms with Crippen LogP contribution in [0.3, 0.4) is 0 Å². The number of hydrogen-bond donors (Lipinski definition) is 0. The fraction of sp³-hybridized carbons (Fsp3) is 0.500. The molecule has 9 nitrogen and oxygen atoms in total. The topological polar surface area (TPSA) is 95.7 Å². The number of para-hydroxylation sites is 1. The zero-order chi connectivity index (χ0) is 27.4. The summed E-state index contributed by atoms with van der Waals surface area (Å²) in [4.78, 5) is 41.7. The van der Waals surface area contributed by atoms with Gasteiger partial charge in [0.2, 0.25) is 17.7 Å². The number of aryl methyl sites for hydroxylation is 1. The summed E-state index contributed by atoms with van der Waals surface area (Å²) in [6, 6.07) is 12.6. The molecular weight excluding hydrogens is 492 g/mol. The van der Waals surface area contributed by atoms with Crippen molar-refractivity contribution in [3.63, 3.8) is 0 Å². The van der Waals surface area contributed by atoms with Gasteiger partial charge >= 0.3 is 0 Å². The van der Waals surface area contributed by atoms with E-state index in [1.807, 2.05) is 60.2 Å². The molecule has 0 saturated carbocycles. The summed E-state index contributed by atoms with van der Waals surface area (Å²) in [6.07, 6.45) is 7.34. The van der Waals surface area contributed by atoms with Crippen molar-refractivity contribution >= 4 is 17.5 Å². The van der Waals surface area contributed by atoms with Crippen LogP contribution in [0.5, 0.6) is 0 Å². The number of nitrogens with zero attached hydrogens (tertiary/aromatic N) is 6. The Bertz CT molecular complexity index is 1280. The van der Waals surface area contributed by atoms with Gasteiger partial charge in [-0.1, -0.05) is 43.3 Å². The molecule has 0 spiro atoms. The van der Waals surface area contributed by atoms with E-state index in [4.69, 9.17) is 4.52 Å². The highest BCUT2D eigenvalue weighted by Crippen LogP contribution is 2.32. The SMILES string of the molecule is CC(=O)N1CCC2CCC(CN(C(=O)CCc3nc(C(C)C)no3)Cc3ccccc31)N2Cc1cccnc1. The highest BCUT2D eigenvalue weighted by atomic mass is 16.5. The number of aromatic nitrogens is 3. The lowest BCUT2D eigenvalue weighted by atomic mass is 10.1. The van der Waals surface area contributed by atoms with Gasteiger partial charge in [0, 0.05) is 82.0 Å². The molecule has 1 aromatic carbocycles. The monoisotopic (exact) mass is 530 g/mol. The predicted octanol–water partition coefficient (Wildman–Crippen LogP) is 4.34. The number of pyridine rings is 1. The molecule has 1 saturated heterocycles. The number of carbonyl (C=O) groups excluding carboxylic acids is 2. The van der Waals surface area contributed by atoms with Crippen LogP contribution in [0.15, 0.2) is 53.3 Å². The summed E-state index contributed by atoms with van der Waals surface area (Å²) in [6.45, 7) is 8.16. The quantitative estimate of drug-likeness (QED) is 0.468. The molecule has 0 aliphatic carbocycles. The second-order valence-electron chi connectivity index (χ2n) is 11.0. The van der Waals surface area contributed by atoms with E-state index >= 15 is 0 Å². The van der Waals surface area contributed by atoms with Gasteiger partial charge in [0.1, 0.15) is 0 Å². The first-order valence-corrected chi connectivity index (χ1v) is 14.0. The molecule has 0 N–H and O–H groups in total. The highest BCUT2D eigenvalue weighted by Gasteiger charge is 2.36. The molecule has 1 fully saturated rings.